The first-order valence-electron chi connectivity index (χ1n) is 13.9. The van der Waals surface area contributed by atoms with E-state index in [1.54, 1.807) is 0 Å². The van der Waals surface area contributed by atoms with Crippen molar-refractivity contribution in [2.24, 2.45) is 39.4 Å². The number of fused-ring (bicyclic) bond motifs is 5. The highest BCUT2D eigenvalue weighted by Gasteiger charge is 2.69. The van der Waals surface area contributed by atoms with Gasteiger partial charge in [-0.15, -0.1) is 0 Å². The molecule has 5 aliphatic rings. The van der Waals surface area contributed by atoms with Crippen molar-refractivity contribution in [3.05, 3.63) is 11.1 Å². The predicted molar refractivity (Wildman–Crippen MR) is 134 cm³/mol. The Labute approximate surface area is 206 Å². The number of ketones is 1. The first-order valence-corrected chi connectivity index (χ1v) is 13.9. The van der Waals surface area contributed by atoms with Crippen LogP contribution < -0.4 is 0 Å². The lowest BCUT2D eigenvalue weighted by molar-refractivity contribution is -0.208. The molecule has 4 fully saturated rings. The zero-order valence-electron chi connectivity index (χ0n) is 22.8. The maximum absolute atomic E-state index is 12.9. The summed E-state index contributed by atoms with van der Waals surface area (Å²) in [6, 6.07) is 0. The molecule has 1 saturated heterocycles. The Balaban J connectivity index is 1.47. The largest absolute Gasteiger partial charge is 0.392 e. The van der Waals surface area contributed by atoms with Crippen molar-refractivity contribution in [3.63, 3.8) is 0 Å². The lowest BCUT2D eigenvalue weighted by Crippen LogP contribution is -2.65. The van der Waals surface area contributed by atoms with Gasteiger partial charge in [-0.2, -0.15) is 0 Å². The number of Topliss-reactive ketones (excluding diaryl/α,β-unsaturated/α-hetero) is 1. The van der Waals surface area contributed by atoms with Crippen LogP contribution >= 0.6 is 0 Å². The van der Waals surface area contributed by atoms with Gasteiger partial charge >= 0.3 is 0 Å². The van der Waals surface area contributed by atoms with E-state index in [9.17, 15) is 15.0 Å². The average molecular weight is 473 g/mol. The monoisotopic (exact) mass is 472 g/mol. The van der Waals surface area contributed by atoms with Gasteiger partial charge in [0.15, 0.2) is 0 Å². The number of allylic oxidation sites excluding steroid dienone is 1. The fourth-order valence-corrected chi connectivity index (χ4v) is 10.1. The molecular weight excluding hydrogens is 424 g/mol. The van der Waals surface area contributed by atoms with Crippen molar-refractivity contribution in [2.75, 3.05) is 0 Å². The quantitative estimate of drug-likeness (QED) is 0.398. The fourth-order valence-electron chi connectivity index (χ4n) is 10.1. The molecular formula is C30H48O4. The van der Waals surface area contributed by atoms with E-state index < -0.39 is 6.10 Å². The summed E-state index contributed by atoms with van der Waals surface area (Å²) in [4.78, 5) is 12.9. The lowest BCUT2D eigenvalue weighted by Gasteiger charge is -2.69. The number of carbonyl (C=O) groups is 1. The van der Waals surface area contributed by atoms with E-state index >= 15 is 0 Å². The van der Waals surface area contributed by atoms with Gasteiger partial charge in [-0.1, -0.05) is 52.7 Å². The molecule has 3 unspecified atom stereocenters. The van der Waals surface area contributed by atoms with E-state index in [2.05, 4.69) is 55.4 Å². The number of aliphatic hydroxyl groups excluding tert-OH is 2. The molecule has 4 heteroatoms. The molecule has 1 heterocycles. The van der Waals surface area contributed by atoms with E-state index in [0.717, 1.165) is 44.9 Å². The normalized spacial score (nSPS) is 48.6. The SMILES string of the molecule is CC(CC(O)[C@H]1OC1(C)C)C1=C2CC(O)[C@@H]3[C@@]4(C)CCC(=O)C(C)(C)[C@@H]4CC[C@]3(C)[C@@]2(C)CC1. The number of hydrogen-bond donors (Lipinski definition) is 2. The molecule has 4 nitrogen and oxygen atoms in total. The summed E-state index contributed by atoms with van der Waals surface area (Å²) < 4.78 is 5.72. The van der Waals surface area contributed by atoms with E-state index in [4.69, 9.17) is 4.74 Å². The van der Waals surface area contributed by atoms with Gasteiger partial charge in [0, 0.05) is 11.8 Å². The third-order valence-electron chi connectivity index (χ3n) is 12.2. The first-order chi connectivity index (χ1) is 15.6. The van der Waals surface area contributed by atoms with Gasteiger partial charge in [-0.3, -0.25) is 4.79 Å². The minimum absolute atomic E-state index is 0.00216. The average Bonchev–Trinajstić information content (AvgIpc) is 3.23. The summed E-state index contributed by atoms with van der Waals surface area (Å²) in [5, 5.41) is 22.6. The van der Waals surface area contributed by atoms with Crippen molar-refractivity contribution in [1.82, 2.24) is 0 Å². The Bertz CT molecular complexity index is 917. The Hall–Kier alpha value is -0.710. The number of aliphatic hydroxyl groups is 2. The third kappa shape index (κ3) is 3.16. The molecule has 0 radical (unpaired) electrons. The third-order valence-corrected chi connectivity index (χ3v) is 12.2. The van der Waals surface area contributed by atoms with Crippen LogP contribution in [0.4, 0.5) is 0 Å². The maximum Gasteiger partial charge on any atom is 0.138 e. The number of carbonyl (C=O) groups excluding carboxylic acids is 1. The number of epoxide rings is 1. The van der Waals surface area contributed by atoms with Gasteiger partial charge in [0.25, 0.3) is 0 Å². The minimum Gasteiger partial charge on any atom is -0.392 e. The smallest absolute Gasteiger partial charge is 0.138 e. The minimum atomic E-state index is -0.432. The first kappa shape index (κ1) is 25.0. The Morgan fingerprint density at radius 3 is 2.29 bits per heavy atom. The van der Waals surface area contributed by atoms with Gasteiger partial charge in [-0.25, -0.2) is 0 Å². The van der Waals surface area contributed by atoms with Gasteiger partial charge in [-0.05, 0) is 92.8 Å². The summed E-state index contributed by atoms with van der Waals surface area (Å²) >= 11 is 0. The fraction of sp³-hybridized carbons (Fsp3) is 0.900. The summed E-state index contributed by atoms with van der Waals surface area (Å²) in [5.41, 5.74) is 2.59. The van der Waals surface area contributed by atoms with Gasteiger partial charge in [0.2, 0.25) is 0 Å². The van der Waals surface area contributed by atoms with Crippen LogP contribution in [0.3, 0.4) is 0 Å². The molecule has 34 heavy (non-hydrogen) atoms. The van der Waals surface area contributed by atoms with Crippen molar-refractivity contribution in [3.8, 4) is 0 Å². The number of ether oxygens (including phenoxy) is 1. The van der Waals surface area contributed by atoms with Crippen molar-refractivity contribution < 1.29 is 19.7 Å². The topological polar surface area (TPSA) is 70.1 Å². The van der Waals surface area contributed by atoms with Crippen molar-refractivity contribution in [1.29, 1.82) is 0 Å². The molecule has 0 aromatic heterocycles. The van der Waals surface area contributed by atoms with Crippen LogP contribution in [0.5, 0.6) is 0 Å². The highest BCUT2D eigenvalue weighted by Crippen LogP contribution is 2.74. The highest BCUT2D eigenvalue weighted by molar-refractivity contribution is 5.85. The molecule has 0 amide bonds. The molecule has 0 bridgehead atoms. The molecule has 4 aliphatic carbocycles. The second-order valence-corrected chi connectivity index (χ2v) is 14.6. The van der Waals surface area contributed by atoms with Crippen LogP contribution in [0.1, 0.15) is 107 Å². The predicted octanol–water partition coefficient (Wildman–Crippen LogP) is 5.84. The van der Waals surface area contributed by atoms with E-state index in [1.807, 2.05) is 0 Å². The van der Waals surface area contributed by atoms with Gasteiger partial charge in [0.1, 0.15) is 11.9 Å². The molecule has 0 spiro atoms. The van der Waals surface area contributed by atoms with E-state index in [-0.39, 0.29) is 45.4 Å². The summed E-state index contributed by atoms with van der Waals surface area (Å²) in [5.74, 6) is 1.28. The van der Waals surface area contributed by atoms with Gasteiger partial charge in [0.05, 0.1) is 17.8 Å². The zero-order valence-corrected chi connectivity index (χ0v) is 22.8. The van der Waals surface area contributed by atoms with Crippen LogP contribution in [-0.4, -0.2) is 39.9 Å². The summed E-state index contributed by atoms with van der Waals surface area (Å²) in [7, 11) is 0. The molecule has 2 N–H and O–H groups in total. The lowest BCUT2D eigenvalue weighted by atomic mass is 9.36. The summed E-state index contributed by atoms with van der Waals surface area (Å²) in [6.07, 6.45) is 6.59. The van der Waals surface area contributed by atoms with Crippen LogP contribution in [0.2, 0.25) is 0 Å². The molecule has 0 aromatic carbocycles. The molecule has 5 rings (SSSR count). The van der Waals surface area contributed by atoms with Crippen LogP contribution in [0.25, 0.3) is 0 Å². The highest BCUT2D eigenvalue weighted by atomic mass is 16.6. The van der Waals surface area contributed by atoms with Crippen LogP contribution in [0, 0.1) is 39.4 Å². The van der Waals surface area contributed by atoms with Crippen LogP contribution in [-0.2, 0) is 9.53 Å². The zero-order chi connectivity index (χ0) is 25.1. The molecule has 9 atom stereocenters. The van der Waals surface area contributed by atoms with Gasteiger partial charge < -0.3 is 14.9 Å². The molecule has 1 aliphatic heterocycles. The Morgan fingerprint density at radius 1 is 1.03 bits per heavy atom. The van der Waals surface area contributed by atoms with Crippen molar-refractivity contribution >= 4 is 5.78 Å². The Morgan fingerprint density at radius 2 is 1.68 bits per heavy atom. The molecule has 192 valence electrons. The van der Waals surface area contributed by atoms with Crippen molar-refractivity contribution in [2.45, 2.75) is 131 Å². The number of hydrogen-bond acceptors (Lipinski definition) is 4. The standard InChI is InChI=1S/C30H48O4/c1-17(15-21(32)25-27(4,5)34-25)18-9-13-29(7)19(18)16-20(31)24-28(6)12-11-23(33)26(2,3)22(28)10-14-30(24,29)8/h17,20-22,24-25,31-32H,9-16H2,1-8H3/t17?,20?,21?,22-,24+,25+,28-,29-,30-/m0/s1. The van der Waals surface area contributed by atoms with E-state index in [0.29, 0.717) is 24.0 Å². The Kier molecular flexibility index (Phi) is 5.44. The van der Waals surface area contributed by atoms with Crippen LogP contribution in [0.15, 0.2) is 11.1 Å². The number of rotatable bonds is 4. The summed E-state index contributed by atoms with van der Waals surface area (Å²) in [6.45, 7) is 18.0. The molecule has 0 aromatic rings. The second-order valence-electron chi connectivity index (χ2n) is 14.6. The maximum atomic E-state index is 12.9. The second kappa shape index (κ2) is 7.42. The molecule has 3 saturated carbocycles. The van der Waals surface area contributed by atoms with E-state index in [1.165, 1.54) is 11.1 Å².